The molecule has 1 rings (SSSR count). The molecule has 0 bridgehead atoms. The Balaban J connectivity index is 3.78. The van der Waals surface area contributed by atoms with Crippen LogP contribution in [0.1, 0.15) is 0 Å². The van der Waals surface area contributed by atoms with E-state index in [2.05, 4.69) is 15.9 Å². The molecule has 0 radical (unpaired) electrons. The van der Waals surface area contributed by atoms with Crippen molar-refractivity contribution in [1.29, 1.82) is 0 Å². The van der Waals surface area contributed by atoms with Crippen molar-refractivity contribution >= 4 is 16.0 Å². The molecule has 18 heavy (non-hydrogen) atoms. The molecule has 0 fully saturated rings. The second-order valence-electron chi connectivity index (χ2n) is 2.89. The first-order valence-electron chi connectivity index (χ1n) is 3.97. The number of guanidine groups is 1. The van der Waals surface area contributed by atoms with Crippen molar-refractivity contribution in [2.45, 2.75) is 4.90 Å². The van der Waals surface area contributed by atoms with Crippen LogP contribution in [-0.4, -0.2) is 14.4 Å². The molecule has 100 valence electrons. The Morgan fingerprint density at radius 1 is 0.833 bits per heavy atom. The van der Waals surface area contributed by atoms with Crippen molar-refractivity contribution in [2.24, 2.45) is 15.9 Å². The van der Waals surface area contributed by atoms with Crippen molar-refractivity contribution in [2.75, 3.05) is 0 Å². The highest BCUT2D eigenvalue weighted by Gasteiger charge is 2.33. The van der Waals surface area contributed by atoms with Gasteiger partial charge < -0.3 is 11.5 Å². The fourth-order valence-corrected chi connectivity index (χ4v) is 2.00. The van der Waals surface area contributed by atoms with Crippen LogP contribution in [-0.2, 0) is 10.0 Å². The average molecular weight is 289 g/mol. The fraction of sp³-hybridized carbons (Fsp3) is 0. The smallest absolute Gasteiger partial charge is 0.291 e. The Hall–Kier alpha value is -1.91. The summed E-state index contributed by atoms with van der Waals surface area (Å²) in [5, 5.41) is 0. The molecular weight excluding hydrogens is 285 g/mol. The summed E-state index contributed by atoms with van der Waals surface area (Å²) in [5.74, 6) is -13.5. The van der Waals surface area contributed by atoms with Gasteiger partial charge in [0.1, 0.15) is 0 Å². The lowest BCUT2D eigenvalue weighted by Crippen LogP contribution is -2.25. The summed E-state index contributed by atoms with van der Waals surface area (Å²) >= 11 is 0. The Bertz CT molecular complexity index is 610. The summed E-state index contributed by atoms with van der Waals surface area (Å²) < 4.78 is 89.2. The lowest BCUT2D eigenvalue weighted by Gasteiger charge is -2.06. The number of benzene rings is 1. The maximum absolute atomic E-state index is 13.1. The molecule has 0 aliphatic rings. The Morgan fingerprint density at radius 3 is 1.50 bits per heavy atom. The predicted octanol–water partition coefficient (Wildman–Crippen LogP) is 0.344. The number of sulfonamides is 1. The van der Waals surface area contributed by atoms with E-state index in [9.17, 15) is 30.4 Å². The summed E-state index contributed by atoms with van der Waals surface area (Å²) in [6.07, 6.45) is 0. The number of hydrogen-bond acceptors (Lipinski definition) is 2. The fourth-order valence-electron chi connectivity index (χ4n) is 0.996. The van der Waals surface area contributed by atoms with Crippen molar-refractivity contribution in [3.63, 3.8) is 0 Å². The van der Waals surface area contributed by atoms with Crippen LogP contribution in [0.2, 0.25) is 0 Å². The lowest BCUT2D eigenvalue weighted by atomic mass is 10.3. The van der Waals surface area contributed by atoms with E-state index >= 15 is 0 Å². The third-order valence-corrected chi connectivity index (χ3v) is 2.98. The van der Waals surface area contributed by atoms with E-state index in [4.69, 9.17) is 0 Å². The van der Waals surface area contributed by atoms with Crippen LogP contribution >= 0.6 is 0 Å². The Labute approximate surface area is 97.0 Å². The Kier molecular flexibility index (Phi) is 3.46. The minimum Gasteiger partial charge on any atom is -0.369 e. The zero-order chi connectivity index (χ0) is 14.2. The van der Waals surface area contributed by atoms with Gasteiger partial charge >= 0.3 is 0 Å². The quantitative estimate of drug-likeness (QED) is 0.270. The molecule has 0 atom stereocenters. The molecule has 1 aromatic rings. The summed E-state index contributed by atoms with van der Waals surface area (Å²) in [6, 6.07) is 0. The lowest BCUT2D eigenvalue weighted by molar-refractivity contribution is 0.358. The van der Waals surface area contributed by atoms with Gasteiger partial charge in [-0.3, -0.25) is 0 Å². The molecule has 1 aromatic carbocycles. The minimum atomic E-state index is -5.24. The maximum Gasteiger partial charge on any atom is 0.291 e. The normalized spacial score (nSPS) is 11.4. The number of halogens is 5. The van der Waals surface area contributed by atoms with Crippen molar-refractivity contribution in [3.05, 3.63) is 29.1 Å². The minimum absolute atomic E-state index is 1.13. The van der Waals surface area contributed by atoms with Crippen LogP contribution in [0.4, 0.5) is 22.0 Å². The first-order valence-corrected chi connectivity index (χ1v) is 5.41. The van der Waals surface area contributed by atoms with Crippen LogP contribution in [0.25, 0.3) is 0 Å². The zero-order valence-electron chi connectivity index (χ0n) is 8.22. The van der Waals surface area contributed by atoms with Crippen LogP contribution in [0, 0.1) is 29.1 Å². The number of hydrogen-bond donors (Lipinski definition) is 2. The molecule has 0 aromatic heterocycles. The predicted molar refractivity (Wildman–Crippen MR) is 49.2 cm³/mol. The van der Waals surface area contributed by atoms with Gasteiger partial charge in [-0.05, 0) is 0 Å². The number of nitrogens with zero attached hydrogens (tertiary/aromatic N) is 1. The molecular formula is C7H4F5N3O2S. The van der Waals surface area contributed by atoms with E-state index in [1.807, 2.05) is 0 Å². The summed E-state index contributed by atoms with van der Waals surface area (Å²) in [5.41, 5.74) is 9.33. The van der Waals surface area contributed by atoms with Crippen LogP contribution in [0.3, 0.4) is 0 Å². The van der Waals surface area contributed by atoms with Gasteiger partial charge in [-0.1, -0.05) is 0 Å². The first kappa shape index (κ1) is 14.2. The SMILES string of the molecule is NC(N)=NS(=O)(=O)c1c(F)c(F)c(F)c(F)c1F. The summed E-state index contributed by atoms with van der Waals surface area (Å²) in [7, 11) is -5.24. The highest BCUT2D eigenvalue weighted by Crippen LogP contribution is 2.27. The van der Waals surface area contributed by atoms with Crippen molar-refractivity contribution < 1.29 is 30.4 Å². The number of nitrogens with two attached hydrogens (primary N) is 2. The van der Waals surface area contributed by atoms with Gasteiger partial charge in [0.25, 0.3) is 10.0 Å². The molecule has 0 spiro atoms. The molecule has 0 heterocycles. The van der Waals surface area contributed by atoms with Crippen LogP contribution < -0.4 is 11.5 Å². The topological polar surface area (TPSA) is 98.5 Å². The van der Waals surface area contributed by atoms with Crippen LogP contribution in [0.5, 0.6) is 0 Å². The molecule has 0 aliphatic heterocycles. The van der Waals surface area contributed by atoms with Crippen LogP contribution in [0.15, 0.2) is 9.29 Å². The maximum atomic E-state index is 13.1. The van der Waals surface area contributed by atoms with Gasteiger partial charge in [-0.2, -0.15) is 8.42 Å². The van der Waals surface area contributed by atoms with E-state index in [0.717, 1.165) is 0 Å². The average Bonchev–Trinajstić information content (AvgIpc) is 2.21. The summed E-state index contributed by atoms with van der Waals surface area (Å²) in [6.45, 7) is 0. The molecule has 0 amide bonds. The largest absolute Gasteiger partial charge is 0.369 e. The van der Waals surface area contributed by atoms with Crippen molar-refractivity contribution in [3.8, 4) is 0 Å². The number of rotatable bonds is 2. The molecule has 0 aliphatic carbocycles. The summed E-state index contributed by atoms with van der Waals surface area (Å²) in [4.78, 5) is -2.12. The highest BCUT2D eigenvalue weighted by molar-refractivity contribution is 7.90. The molecule has 0 saturated carbocycles. The third-order valence-electron chi connectivity index (χ3n) is 1.65. The van der Waals surface area contributed by atoms with Crippen molar-refractivity contribution in [1.82, 2.24) is 0 Å². The molecule has 5 nitrogen and oxygen atoms in total. The molecule has 4 N–H and O–H groups in total. The second-order valence-corrected chi connectivity index (χ2v) is 4.43. The highest BCUT2D eigenvalue weighted by atomic mass is 32.2. The van der Waals surface area contributed by atoms with E-state index in [1.165, 1.54) is 0 Å². The van der Waals surface area contributed by atoms with Gasteiger partial charge in [-0.15, -0.1) is 4.40 Å². The standard InChI is InChI=1S/C7H4F5N3O2S/c8-1-2(9)4(11)6(5(12)3(1)10)18(16,17)15-7(13)14/h(H4,13,14,15). The molecule has 0 unspecified atom stereocenters. The molecule has 11 heteroatoms. The zero-order valence-corrected chi connectivity index (χ0v) is 9.03. The van der Waals surface area contributed by atoms with E-state index in [0.29, 0.717) is 0 Å². The third kappa shape index (κ3) is 2.20. The van der Waals surface area contributed by atoms with Gasteiger partial charge in [-0.25, -0.2) is 22.0 Å². The van der Waals surface area contributed by atoms with Gasteiger partial charge in [0, 0.05) is 0 Å². The Morgan fingerprint density at radius 2 is 1.17 bits per heavy atom. The molecule has 0 saturated heterocycles. The van der Waals surface area contributed by atoms with E-state index in [1.54, 1.807) is 0 Å². The van der Waals surface area contributed by atoms with E-state index < -0.39 is 50.0 Å². The first-order chi connectivity index (χ1) is 8.09. The monoisotopic (exact) mass is 289 g/mol. The second kappa shape index (κ2) is 4.40. The van der Waals surface area contributed by atoms with Gasteiger partial charge in [0.2, 0.25) is 11.8 Å². The van der Waals surface area contributed by atoms with E-state index in [-0.39, 0.29) is 0 Å². The van der Waals surface area contributed by atoms with Gasteiger partial charge in [0.05, 0.1) is 0 Å². The van der Waals surface area contributed by atoms with Gasteiger partial charge in [0.15, 0.2) is 28.2 Å².